The Labute approximate surface area is 151 Å². The lowest BCUT2D eigenvalue weighted by Gasteiger charge is -2.51. The van der Waals surface area contributed by atoms with Gasteiger partial charge in [0.05, 0.1) is 26.4 Å². The molecule has 2 saturated carbocycles. The summed E-state index contributed by atoms with van der Waals surface area (Å²) in [6, 6.07) is 3.50. The van der Waals surface area contributed by atoms with Crippen molar-refractivity contribution in [1.29, 1.82) is 0 Å². The van der Waals surface area contributed by atoms with Crippen LogP contribution in [0.3, 0.4) is 0 Å². The van der Waals surface area contributed by atoms with E-state index in [0.717, 1.165) is 18.4 Å². The fraction of sp³-hybridized carbons (Fsp3) is 0.600. The van der Waals surface area contributed by atoms with E-state index in [4.69, 9.17) is 9.47 Å². The molecule has 5 rings (SSSR count). The van der Waals surface area contributed by atoms with Crippen LogP contribution in [0, 0.1) is 11.3 Å². The number of allylic oxidation sites excluding steroid dienone is 1. The molecule has 1 aromatic carbocycles. The molecular weight excluding hydrogens is 336 g/mol. The van der Waals surface area contributed by atoms with Gasteiger partial charge in [0.15, 0.2) is 11.5 Å². The fourth-order valence-corrected chi connectivity index (χ4v) is 6.46. The van der Waals surface area contributed by atoms with Crippen LogP contribution in [-0.4, -0.2) is 46.9 Å². The molecule has 6 atom stereocenters. The van der Waals surface area contributed by atoms with Crippen molar-refractivity contribution in [3.63, 3.8) is 0 Å². The molecule has 4 N–H and O–H groups in total. The molecular formula is C20H24O6. The molecule has 26 heavy (non-hydrogen) atoms. The Balaban J connectivity index is 1.88. The van der Waals surface area contributed by atoms with Crippen molar-refractivity contribution < 1.29 is 29.9 Å². The number of aromatic hydroxyl groups is 1. The lowest BCUT2D eigenvalue weighted by Crippen LogP contribution is -2.46. The Morgan fingerprint density at radius 3 is 2.50 bits per heavy atom. The average Bonchev–Trinajstić information content (AvgIpc) is 2.78. The first-order valence-electron chi connectivity index (χ1n) is 9.14. The predicted octanol–water partition coefficient (Wildman–Crippen LogP) is 1.51. The highest BCUT2D eigenvalue weighted by Gasteiger charge is 2.72. The molecule has 0 saturated heterocycles. The third kappa shape index (κ3) is 1.56. The van der Waals surface area contributed by atoms with Gasteiger partial charge in [0, 0.05) is 16.4 Å². The van der Waals surface area contributed by atoms with Gasteiger partial charge in [-0.1, -0.05) is 6.07 Å². The summed E-state index contributed by atoms with van der Waals surface area (Å²) in [6.45, 7) is 0. The van der Waals surface area contributed by atoms with E-state index in [9.17, 15) is 20.4 Å². The van der Waals surface area contributed by atoms with Gasteiger partial charge in [-0.25, -0.2) is 0 Å². The third-order valence-corrected chi connectivity index (χ3v) is 7.47. The zero-order valence-electron chi connectivity index (χ0n) is 14.9. The van der Waals surface area contributed by atoms with Gasteiger partial charge in [-0.2, -0.15) is 0 Å². The number of phenolic OH excluding ortho intramolecular Hbond substituents is 1. The Kier molecular flexibility index (Phi) is 3.12. The van der Waals surface area contributed by atoms with Crippen LogP contribution in [0.25, 0.3) is 0 Å². The van der Waals surface area contributed by atoms with Crippen LogP contribution >= 0.6 is 0 Å². The number of phenols is 1. The summed E-state index contributed by atoms with van der Waals surface area (Å²) in [5.74, 6) is 0.848. The van der Waals surface area contributed by atoms with Gasteiger partial charge >= 0.3 is 0 Å². The van der Waals surface area contributed by atoms with Crippen molar-refractivity contribution in [3.8, 4) is 11.5 Å². The zero-order chi connectivity index (χ0) is 18.4. The van der Waals surface area contributed by atoms with Crippen molar-refractivity contribution in [2.45, 2.75) is 49.4 Å². The summed E-state index contributed by atoms with van der Waals surface area (Å²) in [7, 11) is 3.00. The standard InChI is InChI=1S/C20H24O6/c1-25-12-4-3-9-13(16(12)23)20-7-11(21)15(22)17(26-2)14(20)10-5-6-19(10,8-20)18(9)24/h3-4,10-11,15,18,21-24H,5-8H2,1-2H3/t10-,11+,15+,18-,19?,20-/m1/s1. The highest BCUT2D eigenvalue weighted by atomic mass is 16.5. The molecule has 1 aromatic rings. The quantitative estimate of drug-likeness (QED) is 0.638. The van der Waals surface area contributed by atoms with Crippen LogP contribution in [-0.2, 0) is 10.2 Å². The lowest BCUT2D eigenvalue weighted by molar-refractivity contribution is -0.0741. The van der Waals surface area contributed by atoms with E-state index in [1.54, 1.807) is 6.07 Å². The monoisotopic (exact) mass is 360 g/mol. The number of ether oxygens (including phenoxy) is 2. The van der Waals surface area contributed by atoms with Crippen LogP contribution in [0.5, 0.6) is 11.5 Å². The Bertz CT molecular complexity index is 832. The second kappa shape index (κ2) is 4.94. The maximum Gasteiger partial charge on any atom is 0.162 e. The Morgan fingerprint density at radius 1 is 1.12 bits per heavy atom. The number of fused-ring (bicyclic) bond motifs is 2. The molecule has 0 aliphatic heterocycles. The summed E-state index contributed by atoms with van der Waals surface area (Å²) in [5.41, 5.74) is 1.33. The first-order valence-corrected chi connectivity index (χ1v) is 9.14. The number of hydrogen-bond acceptors (Lipinski definition) is 6. The number of hydrogen-bond donors (Lipinski definition) is 4. The molecule has 2 spiro atoms. The first-order chi connectivity index (χ1) is 12.4. The molecule has 0 aromatic heterocycles. The van der Waals surface area contributed by atoms with Gasteiger partial charge in [-0.05, 0) is 48.8 Å². The molecule has 140 valence electrons. The van der Waals surface area contributed by atoms with Crippen molar-refractivity contribution in [2.75, 3.05) is 14.2 Å². The summed E-state index contributed by atoms with van der Waals surface area (Å²) in [5, 5.41) is 43.3. The lowest BCUT2D eigenvalue weighted by atomic mass is 9.54. The Hall–Kier alpha value is -1.76. The number of methoxy groups -OCH3 is 2. The van der Waals surface area contributed by atoms with Crippen LogP contribution < -0.4 is 4.74 Å². The van der Waals surface area contributed by atoms with E-state index in [1.807, 2.05) is 6.07 Å². The number of rotatable bonds is 2. The molecule has 2 bridgehead atoms. The average molecular weight is 360 g/mol. The van der Waals surface area contributed by atoms with E-state index < -0.39 is 23.7 Å². The smallest absolute Gasteiger partial charge is 0.162 e. The molecule has 6 nitrogen and oxygen atoms in total. The number of aliphatic hydroxyl groups excluding tert-OH is 3. The second-order valence-electron chi connectivity index (χ2n) is 8.26. The van der Waals surface area contributed by atoms with Crippen LogP contribution in [0.2, 0.25) is 0 Å². The van der Waals surface area contributed by atoms with Crippen LogP contribution in [0.15, 0.2) is 23.5 Å². The number of aliphatic hydroxyl groups is 3. The topological polar surface area (TPSA) is 99.4 Å². The minimum atomic E-state index is -1.08. The largest absolute Gasteiger partial charge is 0.504 e. The maximum absolute atomic E-state index is 11.2. The molecule has 4 aliphatic carbocycles. The van der Waals surface area contributed by atoms with Gasteiger partial charge in [0.1, 0.15) is 11.9 Å². The third-order valence-electron chi connectivity index (χ3n) is 7.47. The molecule has 0 radical (unpaired) electrons. The van der Waals surface area contributed by atoms with Gasteiger partial charge in [-0.3, -0.25) is 0 Å². The van der Waals surface area contributed by atoms with Crippen molar-refractivity contribution in [3.05, 3.63) is 34.6 Å². The van der Waals surface area contributed by atoms with E-state index in [-0.39, 0.29) is 17.1 Å². The van der Waals surface area contributed by atoms with Crippen molar-refractivity contribution >= 4 is 0 Å². The van der Waals surface area contributed by atoms with E-state index in [1.165, 1.54) is 14.2 Å². The molecule has 6 heteroatoms. The van der Waals surface area contributed by atoms with Gasteiger partial charge in [0.2, 0.25) is 0 Å². The summed E-state index contributed by atoms with van der Waals surface area (Å²) in [4.78, 5) is 0. The summed E-state index contributed by atoms with van der Waals surface area (Å²) < 4.78 is 10.9. The fourth-order valence-electron chi connectivity index (χ4n) is 6.46. The summed E-state index contributed by atoms with van der Waals surface area (Å²) in [6.07, 6.45) is -0.0115. The van der Waals surface area contributed by atoms with Crippen LogP contribution in [0.4, 0.5) is 0 Å². The predicted molar refractivity (Wildman–Crippen MR) is 91.7 cm³/mol. The molecule has 2 fully saturated rings. The highest BCUT2D eigenvalue weighted by Crippen LogP contribution is 2.77. The van der Waals surface area contributed by atoms with E-state index >= 15 is 0 Å². The minimum Gasteiger partial charge on any atom is -0.504 e. The normalized spacial score (nSPS) is 42.5. The molecule has 0 heterocycles. The Morgan fingerprint density at radius 2 is 1.88 bits per heavy atom. The zero-order valence-corrected chi connectivity index (χ0v) is 14.9. The summed E-state index contributed by atoms with van der Waals surface area (Å²) >= 11 is 0. The van der Waals surface area contributed by atoms with Gasteiger partial charge in [0.25, 0.3) is 0 Å². The van der Waals surface area contributed by atoms with E-state index in [2.05, 4.69) is 0 Å². The maximum atomic E-state index is 11.2. The van der Waals surface area contributed by atoms with Crippen LogP contribution in [0.1, 0.15) is 42.9 Å². The van der Waals surface area contributed by atoms with Gasteiger partial charge < -0.3 is 29.9 Å². The first kappa shape index (κ1) is 16.4. The van der Waals surface area contributed by atoms with E-state index in [0.29, 0.717) is 35.5 Å². The highest BCUT2D eigenvalue weighted by molar-refractivity contribution is 5.64. The molecule has 4 aliphatic rings. The number of benzene rings is 1. The van der Waals surface area contributed by atoms with Crippen molar-refractivity contribution in [2.24, 2.45) is 11.3 Å². The minimum absolute atomic E-state index is 0.0109. The van der Waals surface area contributed by atoms with Crippen molar-refractivity contribution in [1.82, 2.24) is 0 Å². The SMILES string of the molecule is COC1=C2[C@H]3CCC34C[C@]2(C[C@H](O)[C@@H]1O)c1c(ccc(OC)c1O)[C@H]4O. The molecule has 0 amide bonds. The van der Waals surface area contributed by atoms with Gasteiger partial charge in [-0.15, -0.1) is 0 Å². The second-order valence-corrected chi connectivity index (χ2v) is 8.26. The molecule has 1 unspecified atom stereocenters.